The third-order valence-corrected chi connectivity index (χ3v) is 4.17. The molecule has 0 unspecified atom stereocenters. The fraction of sp³-hybridized carbons (Fsp3) is 0.857. The van der Waals surface area contributed by atoms with Crippen LogP contribution in [0, 0.1) is 5.92 Å². The van der Waals surface area contributed by atoms with Gasteiger partial charge in [0.25, 0.3) is 0 Å². The van der Waals surface area contributed by atoms with Crippen LogP contribution in [0.1, 0.15) is 19.3 Å². The molecular weight excluding hydrogens is 294 g/mol. The molecule has 2 amide bonds. The number of amides is 2. The van der Waals surface area contributed by atoms with E-state index in [-0.39, 0.29) is 30.8 Å². The summed E-state index contributed by atoms with van der Waals surface area (Å²) in [6.45, 7) is 4.73. The average molecular weight is 320 g/mol. The first-order valence-corrected chi connectivity index (χ1v) is 7.46. The number of piperidine rings is 1. The lowest BCUT2D eigenvalue weighted by molar-refractivity contribution is -0.142. The lowest BCUT2D eigenvalue weighted by Crippen LogP contribution is -2.51. The predicted molar refractivity (Wildman–Crippen MR) is 82.5 cm³/mol. The molecule has 0 spiro atoms. The summed E-state index contributed by atoms with van der Waals surface area (Å²) in [7, 11) is 1.52. The maximum atomic E-state index is 12.2. The van der Waals surface area contributed by atoms with Gasteiger partial charge in [-0.1, -0.05) is 0 Å². The topological polar surface area (TPSA) is 61.9 Å². The fourth-order valence-corrected chi connectivity index (χ4v) is 2.88. The molecule has 0 radical (unpaired) electrons. The van der Waals surface area contributed by atoms with Gasteiger partial charge in [-0.3, -0.25) is 9.59 Å². The maximum Gasteiger partial charge on any atom is 0.248 e. The van der Waals surface area contributed by atoms with Crippen molar-refractivity contribution in [2.45, 2.75) is 19.3 Å². The van der Waals surface area contributed by atoms with Gasteiger partial charge in [-0.2, -0.15) is 0 Å². The highest BCUT2D eigenvalue weighted by Crippen LogP contribution is 2.17. The van der Waals surface area contributed by atoms with Crippen LogP contribution in [0.2, 0.25) is 0 Å². The van der Waals surface area contributed by atoms with Crippen LogP contribution < -0.4 is 5.32 Å². The quantitative estimate of drug-likeness (QED) is 0.799. The molecule has 1 N–H and O–H groups in total. The second kappa shape index (κ2) is 9.23. The van der Waals surface area contributed by atoms with Crippen molar-refractivity contribution in [2.75, 3.05) is 53.0 Å². The number of ether oxygens (including phenoxy) is 1. The molecule has 2 aliphatic heterocycles. The van der Waals surface area contributed by atoms with Gasteiger partial charge in [-0.15, -0.1) is 12.4 Å². The molecule has 7 heteroatoms. The zero-order valence-corrected chi connectivity index (χ0v) is 13.5. The Labute approximate surface area is 132 Å². The van der Waals surface area contributed by atoms with Gasteiger partial charge in [0.1, 0.15) is 6.61 Å². The predicted octanol–water partition coefficient (Wildman–Crippen LogP) is 0.115. The van der Waals surface area contributed by atoms with E-state index in [0.717, 1.165) is 25.9 Å². The zero-order valence-electron chi connectivity index (χ0n) is 12.7. The summed E-state index contributed by atoms with van der Waals surface area (Å²) in [5.74, 6) is 0.783. The van der Waals surface area contributed by atoms with Gasteiger partial charge in [0.05, 0.1) is 0 Å². The summed E-state index contributed by atoms with van der Waals surface area (Å²) in [6.07, 6.45) is 2.85. The number of nitrogens with zero attached hydrogens (tertiary/aromatic N) is 2. The summed E-state index contributed by atoms with van der Waals surface area (Å²) in [4.78, 5) is 27.6. The van der Waals surface area contributed by atoms with E-state index in [2.05, 4.69) is 5.32 Å². The van der Waals surface area contributed by atoms with E-state index >= 15 is 0 Å². The fourth-order valence-electron chi connectivity index (χ4n) is 2.88. The van der Waals surface area contributed by atoms with E-state index in [4.69, 9.17) is 4.74 Å². The normalized spacial score (nSPS) is 20.0. The third kappa shape index (κ3) is 5.45. The minimum absolute atomic E-state index is 0. The standard InChI is InChI=1S/C14H25N3O3.ClH/c1-20-11-14(19)17-8-6-16(7-9-17)13(18)10-12-2-4-15-5-3-12;/h12,15H,2-11H2,1H3;1H. The molecule has 21 heavy (non-hydrogen) atoms. The largest absolute Gasteiger partial charge is 0.375 e. The Morgan fingerprint density at radius 3 is 2.10 bits per heavy atom. The Hall–Kier alpha value is -0.850. The van der Waals surface area contributed by atoms with Crippen molar-refractivity contribution in [1.29, 1.82) is 0 Å². The van der Waals surface area contributed by atoms with E-state index < -0.39 is 0 Å². The Morgan fingerprint density at radius 1 is 1.05 bits per heavy atom. The summed E-state index contributed by atoms with van der Waals surface area (Å²) in [5, 5.41) is 3.32. The van der Waals surface area contributed by atoms with E-state index in [0.29, 0.717) is 38.5 Å². The van der Waals surface area contributed by atoms with Crippen LogP contribution in [0.15, 0.2) is 0 Å². The second-order valence-corrected chi connectivity index (χ2v) is 5.59. The molecule has 122 valence electrons. The Balaban J connectivity index is 0.00000220. The van der Waals surface area contributed by atoms with Gasteiger partial charge in [-0.25, -0.2) is 0 Å². The van der Waals surface area contributed by atoms with Gasteiger partial charge < -0.3 is 19.9 Å². The van der Waals surface area contributed by atoms with E-state index in [9.17, 15) is 9.59 Å². The lowest BCUT2D eigenvalue weighted by Gasteiger charge is -2.35. The Bertz CT molecular complexity index is 340. The van der Waals surface area contributed by atoms with Gasteiger partial charge in [0, 0.05) is 39.7 Å². The minimum atomic E-state index is 0. The van der Waals surface area contributed by atoms with E-state index in [1.807, 2.05) is 4.90 Å². The Morgan fingerprint density at radius 2 is 1.57 bits per heavy atom. The molecule has 0 aromatic rings. The first kappa shape index (κ1) is 18.2. The van der Waals surface area contributed by atoms with Crippen LogP contribution in [0.5, 0.6) is 0 Å². The number of hydrogen-bond donors (Lipinski definition) is 1. The van der Waals surface area contributed by atoms with Gasteiger partial charge in [-0.05, 0) is 31.8 Å². The van der Waals surface area contributed by atoms with Crippen LogP contribution >= 0.6 is 12.4 Å². The van der Waals surface area contributed by atoms with Crippen molar-refractivity contribution in [3.05, 3.63) is 0 Å². The number of rotatable bonds is 4. The molecule has 0 saturated carbocycles. The number of methoxy groups -OCH3 is 1. The summed E-state index contributed by atoms with van der Waals surface area (Å²) < 4.78 is 4.85. The molecule has 2 aliphatic rings. The number of piperazine rings is 1. The number of carbonyl (C=O) groups is 2. The van der Waals surface area contributed by atoms with Crippen molar-refractivity contribution in [3.8, 4) is 0 Å². The Kier molecular flexibility index (Phi) is 8.00. The summed E-state index contributed by atoms with van der Waals surface area (Å²) >= 11 is 0. The van der Waals surface area contributed by atoms with Gasteiger partial charge in [0.15, 0.2) is 0 Å². The summed E-state index contributed by atoms with van der Waals surface area (Å²) in [6, 6.07) is 0. The minimum Gasteiger partial charge on any atom is -0.375 e. The second-order valence-electron chi connectivity index (χ2n) is 5.59. The molecule has 2 heterocycles. The molecule has 0 bridgehead atoms. The van der Waals surface area contributed by atoms with Crippen molar-refractivity contribution >= 4 is 24.2 Å². The molecule has 0 aromatic heterocycles. The molecule has 2 fully saturated rings. The maximum absolute atomic E-state index is 12.2. The zero-order chi connectivity index (χ0) is 14.4. The first-order valence-electron chi connectivity index (χ1n) is 7.46. The van der Waals surface area contributed by atoms with Crippen molar-refractivity contribution in [3.63, 3.8) is 0 Å². The number of halogens is 1. The average Bonchev–Trinajstić information content (AvgIpc) is 2.48. The highest BCUT2D eigenvalue weighted by Gasteiger charge is 2.26. The smallest absolute Gasteiger partial charge is 0.248 e. The van der Waals surface area contributed by atoms with Crippen molar-refractivity contribution < 1.29 is 14.3 Å². The molecular formula is C14H26ClN3O3. The first-order chi connectivity index (χ1) is 9.70. The number of nitrogens with one attached hydrogen (secondary N) is 1. The van der Waals surface area contributed by atoms with Crippen LogP contribution in [0.4, 0.5) is 0 Å². The number of hydrogen-bond acceptors (Lipinski definition) is 4. The molecule has 0 aliphatic carbocycles. The van der Waals surface area contributed by atoms with Crippen molar-refractivity contribution in [2.24, 2.45) is 5.92 Å². The monoisotopic (exact) mass is 319 g/mol. The van der Waals surface area contributed by atoms with E-state index in [1.54, 1.807) is 4.90 Å². The van der Waals surface area contributed by atoms with Crippen LogP contribution in [-0.2, 0) is 14.3 Å². The van der Waals surface area contributed by atoms with E-state index in [1.165, 1.54) is 7.11 Å². The molecule has 2 rings (SSSR count). The summed E-state index contributed by atoms with van der Waals surface area (Å²) in [5.41, 5.74) is 0. The van der Waals surface area contributed by atoms with Crippen LogP contribution in [0.3, 0.4) is 0 Å². The van der Waals surface area contributed by atoms with Crippen molar-refractivity contribution in [1.82, 2.24) is 15.1 Å². The SMILES string of the molecule is COCC(=O)N1CCN(C(=O)CC2CCNCC2)CC1.Cl. The van der Waals surface area contributed by atoms with Crippen LogP contribution in [0.25, 0.3) is 0 Å². The van der Waals surface area contributed by atoms with Gasteiger partial charge >= 0.3 is 0 Å². The molecule has 0 aromatic carbocycles. The lowest BCUT2D eigenvalue weighted by atomic mass is 9.94. The van der Waals surface area contributed by atoms with Crippen LogP contribution in [-0.4, -0.2) is 74.6 Å². The highest BCUT2D eigenvalue weighted by atomic mass is 35.5. The van der Waals surface area contributed by atoms with Gasteiger partial charge in [0.2, 0.25) is 11.8 Å². The molecule has 6 nitrogen and oxygen atoms in total. The highest BCUT2D eigenvalue weighted by molar-refractivity contribution is 5.85. The molecule has 0 atom stereocenters. The number of carbonyl (C=O) groups excluding carboxylic acids is 2. The molecule has 2 saturated heterocycles. The third-order valence-electron chi connectivity index (χ3n) is 4.17.